The molecule has 0 aliphatic carbocycles. The molecule has 0 bridgehead atoms. The third-order valence-electron chi connectivity index (χ3n) is 3.74. The van der Waals surface area contributed by atoms with Gasteiger partial charge in [-0.15, -0.1) is 10.2 Å². The fourth-order valence-corrected chi connectivity index (χ4v) is 2.52. The Hall–Kier alpha value is -3.55. The summed E-state index contributed by atoms with van der Waals surface area (Å²) < 4.78 is 6.38. The number of imidazole rings is 1. The van der Waals surface area contributed by atoms with Crippen LogP contribution in [0, 0.1) is 6.92 Å². The topological polar surface area (TPSA) is 106 Å². The summed E-state index contributed by atoms with van der Waals surface area (Å²) in [5, 5.41) is 17.5. The van der Waals surface area contributed by atoms with Gasteiger partial charge in [0.1, 0.15) is 5.65 Å². The molecular formula is C18H16N4O4. The summed E-state index contributed by atoms with van der Waals surface area (Å²) in [5.41, 5.74) is 2.63. The Balaban J connectivity index is 2.05. The number of rotatable bonds is 5. The molecule has 0 amide bonds. The predicted octanol–water partition coefficient (Wildman–Crippen LogP) is 3.47. The van der Waals surface area contributed by atoms with Crippen molar-refractivity contribution in [3.05, 3.63) is 59.4 Å². The lowest BCUT2D eigenvalue weighted by Gasteiger charge is -2.00. The summed E-state index contributed by atoms with van der Waals surface area (Å²) in [7, 11) is 1.30. The largest absolute Gasteiger partial charge is 0.481 e. The third-order valence-corrected chi connectivity index (χ3v) is 3.74. The number of carbonyl (C=O) groups is 2. The summed E-state index contributed by atoms with van der Waals surface area (Å²) in [6.45, 7) is 1.88. The highest BCUT2D eigenvalue weighted by Crippen LogP contribution is 2.26. The van der Waals surface area contributed by atoms with E-state index < -0.39 is 11.9 Å². The van der Waals surface area contributed by atoms with Gasteiger partial charge in [0.05, 0.1) is 30.5 Å². The molecule has 132 valence electrons. The van der Waals surface area contributed by atoms with Crippen LogP contribution < -0.4 is 0 Å². The summed E-state index contributed by atoms with van der Waals surface area (Å²) in [6, 6.07) is 10.2. The Kier molecular flexibility index (Phi) is 4.74. The number of ether oxygens (including phenoxy) is 1. The molecule has 2 aromatic heterocycles. The number of hydrogen-bond donors (Lipinski definition) is 1. The van der Waals surface area contributed by atoms with Crippen LogP contribution in [0.3, 0.4) is 0 Å². The molecule has 3 aromatic rings. The normalized spacial score (nSPS) is 11.2. The molecule has 8 nitrogen and oxygen atoms in total. The highest BCUT2D eigenvalue weighted by Gasteiger charge is 2.16. The van der Waals surface area contributed by atoms with Gasteiger partial charge in [-0.3, -0.25) is 9.20 Å². The van der Waals surface area contributed by atoms with E-state index in [-0.39, 0.29) is 6.42 Å². The number of methoxy groups -OCH3 is 1. The lowest BCUT2D eigenvalue weighted by atomic mass is 10.2. The fraction of sp³-hybridized carbons (Fsp3) is 0.167. The highest BCUT2D eigenvalue weighted by molar-refractivity contribution is 5.90. The van der Waals surface area contributed by atoms with Crippen molar-refractivity contribution >= 4 is 29.1 Å². The van der Waals surface area contributed by atoms with E-state index in [1.165, 1.54) is 7.11 Å². The van der Waals surface area contributed by atoms with Crippen LogP contribution in [-0.2, 0) is 16.0 Å². The number of esters is 1. The zero-order valence-electron chi connectivity index (χ0n) is 14.2. The van der Waals surface area contributed by atoms with Gasteiger partial charge in [-0.2, -0.15) is 0 Å². The number of carboxylic acids is 1. The van der Waals surface area contributed by atoms with Crippen LogP contribution in [0.4, 0.5) is 11.5 Å². The molecule has 0 spiro atoms. The van der Waals surface area contributed by atoms with E-state index in [9.17, 15) is 9.59 Å². The standard InChI is InChI=1S/C18H16N4O4/c1-11-5-4-8-22-16(11)19-14(10-15(23)24)17(22)21-20-13-7-3-6-12(9-13)18(25)26-2/h3-9H,10H2,1-2H3,(H,23,24). The van der Waals surface area contributed by atoms with Gasteiger partial charge < -0.3 is 9.84 Å². The highest BCUT2D eigenvalue weighted by atomic mass is 16.5. The second-order valence-electron chi connectivity index (χ2n) is 5.58. The van der Waals surface area contributed by atoms with Crippen LogP contribution in [0.15, 0.2) is 52.8 Å². The molecule has 3 rings (SSSR count). The zero-order chi connectivity index (χ0) is 18.7. The lowest BCUT2D eigenvalue weighted by Crippen LogP contribution is -2.00. The number of carbonyl (C=O) groups excluding carboxylic acids is 1. The maximum Gasteiger partial charge on any atom is 0.337 e. The van der Waals surface area contributed by atoms with Gasteiger partial charge in [0, 0.05) is 6.20 Å². The van der Waals surface area contributed by atoms with Gasteiger partial charge in [-0.25, -0.2) is 9.78 Å². The van der Waals surface area contributed by atoms with Crippen molar-refractivity contribution in [3.63, 3.8) is 0 Å². The molecule has 0 aliphatic rings. The van der Waals surface area contributed by atoms with E-state index in [0.29, 0.717) is 28.4 Å². The van der Waals surface area contributed by atoms with E-state index >= 15 is 0 Å². The molecule has 0 unspecified atom stereocenters. The van der Waals surface area contributed by atoms with Crippen LogP contribution in [0.5, 0.6) is 0 Å². The van der Waals surface area contributed by atoms with Crippen molar-refractivity contribution in [2.24, 2.45) is 10.2 Å². The number of aromatic nitrogens is 2. The molecule has 0 saturated carbocycles. The molecule has 8 heteroatoms. The van der Waals surface area contributed by atoms with Crippen LogP contribution >= 0.6 is 0 Å². The summed E-state index contributed by atoms with van der Waals surface area (Å²) in [5.74, 6) is -1.14. The van der Waals surface area contributed by atoms with Gasteiger partial charge in [0.2, 0.25) is 0 Å². The molecule has 0 atom stereocenters. The number of hydrogen-bond acceptors (Lipinski definition) is 6. The molecule has 0 aliphatic heterocycles. The maximum atomic E-state index is 11.6. The van der Waals surface area contributed by atoms with Gasteiger partial charge in [0.25, 0.3) is 0 Å². The first-order chi connectivity index (χ1) is 12.5. The lowest BCUT2D eigenvalue weighted by molar-refractivity contribution is -0.136. The van der Waals surface area contributed by atoms with Crippen molar-refractivity contribution in [1.82, 2.24) is 9.38 Å². The Morgan fingerprint density at radius 2 is 2.04 bits per heavy atom. The van der Waals surface area contributed by atoms with Crippen LogP contribution in [-0.4, -0.2) is 33.5 Å². The molecular weight excluding hydrogens is 336 g/mol. The second kappa shape index (κ2) is 7.14. The van der Waals surface area contributed by atoms with Crippen molar-refractivity contribution in [2.45, 2.75) is 13.3 Å². The Morgan fingerprint density at radius 3 is 2.77 bits per heavy atom. The minimum absolute atomic E-state index is 0.266. The van der Waals surface area contributed by atoms with Crippen LogP contribution in [0.25, 0.3) is 5.65 Å². The maximum absolute atomic E-state index is 11.6. The Morgan fingerprint density at radius 1 is 1.23 bits per heavy atom. The average Bonchev–Trinajstić information content (AvgIpc) is 2.97. The quantitative estimate of drug-likeness (QED) is 0.559. The minimum atomic E-state index is -1.00. The number of carboxylic acid groups (broad SMARTS) is 1. The number of pyridine rings is 1. The molecule has 1 aromatic carbocycles. The van der Waals surface area contributed by atoms with E-state index in [4.69, 9.17) is 5.11 Å². The average molecular weight is 352 g/mol. The first-order valence-electron chi connectivity index (χ1n) is 7.78. The van der Waals surface area contributed by atoms with Crippen molar-refractivity contribution in [1.29, 1.82) is 0 Å². The number of benzene rings is 1. The molecule has 0 saturated heterocycles. The van der Waals surface area contributed by atoms with Gasteiger partial charge in [0.15, 0.2) is 5.82 Å². The van der Waals surface area contributed by atoms with Crippen molar-refractivity contribution in [2.75, 3.05) is 7.11 Å². The van der Waals surface area contributed by atoms with Crippen molar-refractivity contribution in [3.8, 4) is 0 Å². The van der Waals surface area contributed by atoms with Crippen molar-refractivity contribution < 1.29 is 19.4 Å². The monoisotopic (exact) mass is 352 g/mol. The number of nitrogens with zero attached hydrogens (tertiary/aromatic N) is 4. The number of aryl methyl sites for hydroxylation is 1. The predicted molar refractivity (Wildman–Crippen MR) is 93.2 cm³/mol. The molecule has 2 heterocycles. The first kappa shape index (κ1) is 17.3. The number of fused-ring (bicyclic) bond motifs is 1. The van der Waals surface area contributed by atoms with E-state index in [1.54, 1.807) is 34.9 Å². The zero-order valence-corrected chi connectivity index (χ0v) is 14.2. The fourth-order valence-electron chi connectivity index (χ4n) is 2.52. The SMILES string of the molecule is COC(=O)c1cccc(N=Nc2c(CC(=O)O)nc3c(C)cccn23)c1. The van der Waals surface area contributed by atoms with Gasteiger partial charge in [-0.1, -0.05) is 12.1 Å². The van der Waals surface area contributed by atoms with Gasteiger partial charge >= 0.3 is 11.9 Å². The molecule has 0 radical (unpaired) electrons. The van der Waals surface area contributed by atoms with E-state index in [2.05, 4.69) is 19.9 Å². The van der Waals surface area contributed by atoms with E-state index in [0.717, 1.165) is 5.56 Å². The first-order valence-corrected chi connectivity index (χ1v) is 7.78. The molecule has 0 fully saturated rings. The molecule has 1 N–H and O–H groups in total. The van der Waals surface area contributed by atoms with Gasteiger partial charge in [-0.05, 0) is 36.8 Å². The minimum Gasteiger partial charge on any atom is -0.481 e. The Bertz CT molecular complexity index is 1020. The summed E-state index contributed by atoms with van der Waals surface area (Å²) in [4.78, 5) is 27.1. The number of azo groups is 1. The second-order valence-corrected chi connectivity index (χ2v) is 5.58. The molecule has 26 heavy (non-hydrogen) atoms. The smallest absolute Gasteiger partial charge is 0.337 e. The van der Waals surface area contributed by atoms with Crippen LogP contribution in [0.1, 0.15) is 21.6 Å². The summed E-state index contributed by atoms with van der Waals surface area (Å²) in [6.07, 6.45) is 1.48. The Labute approximate surface area is 148 Å². The number of aliphatic carboxylic acids is 1. The third kappa shape index (κ3) is 3.44. The van der Waals surface area contributed by atoms with E-state index in [1.807, 2.05) is 19.1 Å². The van der Waals surface area contributed by atoms with Crippen LogP contribution in [0.2, 0.25) is 0 Å². The summed E-state index contributed by atoms with van der Waals surface area (Å²) >= 11 is 0.